The van der Waals surface area contributed by atoms with E-state index in [1.165, 1.54) is 7.11 Å². The van der Waals surface area contributed by atoms with E-state index in [9.17, 15) is 18.3 Å². The van der Waals surface area contributed by atoms with Crippen LogP contribution in [0, 0.1) is 0 Å². The molecule has 0 amide bonds. The van der Waals surface area contributed by atoms with Crippen LogP contribution < -0.4 is 4.74 Å². The maximum Gasteiger partial charge on any atom is 0.389 e. The summed E-state index contributed by atoms with van der Waals surface area (Å²) in [4.78, 5) is 0. The Labute approximate surface area is 98.0 Å². The van der Waals surface area contributed by atoms with Crippen LogP contribution in [0.15, 0.2) is 24.3 Å². The second-order valence-corrected chi connectivity index (χ2v) is 3.80. The van der Waals surface area contributed by atoms with Crippen molar-refractivity contribution in [1.29, 1.82) is 0 Å². The third kappa shape index (κ3) is 5.08. The maximum atomic E-state index is 11.9. The quantitative estimate of drug-likeness (QED) is 0.864. The molecule has 1 unspecified atom stereocenters. The second-order valence-electron chi connectivity index (χ2n) is 3.80. The molecule has 1 aromatic rings. The summed E-state index contributed by atoms with van der Waals surface area (Å²) >= 11 is 0. The number of rotatable bonds is 5. The minimum Gasteiger partial charge on any atom is -0.497 e. The van der Waals surface area contributed by atoms with E-state index < -0.39 is 18.7 Å². The van der Waals surface area contributed by atoms with Crippen LogP contribution in [0.4, 0.5) is 13.2 Å². The van der Waals surface area contributed by atoms with Crippen molar-refractivity contribution in [2.45, 2.75) is 31.5 Å². The zero-order valence-corrected chi connectivity index (χ0v) is 9.50. The lowest BCUT2D eigenvalue weighted by molar-refractivity contribution is -0.136. The topological polar surface area (TPSA) is 29.5 Å². The largest absolute Gasteiger partial charge is 0.497 e. The number of aliphatic hydroxyl groups excluding tert-OH is 1. The summed E-state index contributed by atoms with van der Waals surface area (Å²) in [5.41, 5.74) is 0.575. The lowest BCUT2D eigenvalue weighted by Crippen LogP contribution is -2.08. The number of ether oxygens (including phenoxy) is 1. The first kappa shape index (κ1) is 13.8. The van der Waals surface area contributed by atoms with Gasteiger partial charge in [-0.25, -0.2) is 0 Å². The van der Waals surface area contributed by atoms with Gasteiger partial charge in [-0.3, -0.25) is 0 Å². The molecule has 0 heterocycles. The van der Waals surface area contributed by atoms with Crippen LogP contribution in [-0.2, 0) is 0 Å². The summed E-state index contributed by atoms with van der Waals surface area (Å²) in [6.07, 6.45) is -5.90. The molecule has 1 atom stereocenters. The predicted molar refractivity (Wildman–Crippen MR) is 57.9 cm³/mol. The van der Waals surface area contributed by atoms with Gasteiger partial charge in [-0.05, 0) is 30.5 Å². The van der Waals surface area contributed by atoms with Gasteiger partial charge in [0.2, 0.25) is 0 Å². The zero-order valence-electron chi connectivity index (χ0n) is 9.50. The molecule has 2 nitrogen and oxygen atoms in total. The van der Waals surface area contributed by atoms with Crippen LogP contribution in [-0.4, -0.2) is 18.4 Å². The van der Waals surface area contributed by atoms with E-state index in [0.29, 0.717) is 11.3 Å². The fourth-order valence-electron chi connectivity index (χ4n) is 1.51. The Morgan fingerprint density at radius 1 is 1.35 bits per heavy atom. The lowest BCUT2D eigenvalue weighted by atomic mass is 10.0. The number of aliphatic hydroxyl groups is 1. The van der Waals surface area contributed by atoms with Crippen molar-refractivity contribution in [3.63, 3.8) is 0 Å². The molecule has 17 heavy (non-hydrogen) atoms. The monoisotopic (exact) mass is 248 g/mol. The van der Waals surface area contributed by atoms with Crippen molar-refractivity contribution in [3.8, 4) is 5.75 Å². The number of hydrogen-bond acceptors (Lipinski definition) is 2. The first-order valence-corrected chi connectivity index (χ1v) is 5.31. The molecule has 0 radical (unpaired) electrons. The van der Waals surface area contributed by atoms with E-state index in [1.54, 1.807) is 24.3 Å². The Kier molecular flexibility index (Phi) is 4.81. The second kappa shape index (κ2) is 5.91. The van der Waals surface area contributed by atoms with Crippen molar-refractivity contribution in [2.75, 3.05) is 7.11 Å². The molecule has 0 saturated heterocycles. The van der Waals surface area contributed by atoms with Crippen LogP contribution >= 0.6 is 0 Å². The number of alkyl halides is 3. The van der Waals surface area contributed by atoms with Crippen molar-refractivity contribution in [2.24, 2.45) is 0 Å². The molecule has 0 aliphatic heterocycles. The number of methoxy groups -OCH3 is 1. The third-order valence-corrected chi connectivity index (χ3v) is 2.42. The number of hydrogen-bond donors (Lipinski definition) is 1. The van der Waals surface area contributed by atoms with Crippen LogP contribution in [0.5, 0.6) is 5.75 Å². The highest BCUT2D eigenvalue weighted by Crippen LogP contribution is 2.27. The molecule has 5 heteroatoms. The van der Waals surface area contributed by atoms with Crippen LogP contribution in [0.2, 0.25) is 0 Å². The molecule has 0 aromatic heterocycles. The summed E-state index contributed by atoms with van der Waals surface area (Å²) in [5.74, 6) is 0.581. The van der Waals surface area contributed by atoms with Gasteiger partial charge >= 0.3 is 6.18 Å². The highest BCUT2D eigenvalue weighted by molar-refractivity contribution is 5.29. The molecule has 0 saturated carbocycles. The number of halogens is 3. The smallest absolute Gasteiger partial charge is 0.389 e. The fourth-order valence-corrected chi connectivity index (χ4v) is 1.51. The first-order chi connectivity index (χ1) is 7.92. The number of benzene rings is 1. The molecule has 1 N–H and O–H groups in total. The first-order valence-electron chi connectivity index (χ1n) is 5.31. The van der Waals surface area contributed by atoms with E-state index in [2.05, 4.69) is 0 Å². The van der Waals surface area contributed by atoms with E-state index in [1.807, 2.05) is 0 Å². The van der Waals surface area contributed by atoms with E-state index in [0.717, 1.165) is 0 Å². The van der Waals surface area contributed by atoms with E-state index in [4.69, 9.17) is 4.74 Å². The van der Waals surface area contributed by atoms with Crippen molar-refractivity contribution in [3.05, 3.63) is 29.8 Å². The molecule has 0 fully saturated rings. The summed E-state index contributed by atoms with van der Waals surface area (Å²) in [7, 11) is 1.50. The third-order valence-electron chi connectivity index (χ3n) is 2.42. The molecule has 0 bridgehead atoms. The van der Waals surface area contributed by atoms with Gasteiger partial charge in [0.25, 0.3) is 0 Å². The minimum atomic E-state index is -4.16. The highest BCUT2D eigenvalue weighted by atomic mass is 19.4. The summed E-state index contributed by atoms with van der Waals surface area (Å²) in [6.45, 7) is 0. The molecule has 0 spiro atoms. The Morgan fingerprint density at radius 3 is 2.65 bits per heavy atom. The summed E-state index contributed by atoms with van der Waals surface area (Å²) < 4.78 is 40.7. The predicted octanol–water partition coefficient (Wildman–Crippen LogP) is 3.46. The normalized spacial score (nSPS) is 13.5. The maximum absolute atomic E-state index is 11.9. The zero-order chi connectivity index (χ0) is 12.9. The Morgan fingerprint density at radius 2 is 2.06 bits per heavy atom. The Hall–Kier alpha value is -1.23. The highest BCUT2D eigenvalue weighted by Gasteiger charge is 2.26. The SMILES string of the molecule is COc1cccc(C(O)CCCC(F)(F)F)c1. The molecule has 1 aromatic carbocycles. The van der Waals surface area contributed by atoms with E-state index in [-0.39, 0.29) is 12.8 Å². The van der Waals surface area contributed by atoms with Gasteiger partial charge in [-0.1, -0.05) is 12.1 Å². The molecular weight excluding hydrogens is 233 g/mol. The van der Waals surface area contributed by atoms with Gasteiger partial charge in [0.15, 0.2) is 0 Å². The van der Waals surface area contributed by atoms with Crippen molar-refractivity contribution in [1.82, 2.24) is 0 Å². The van der Waals surface area contributed by atoms with Gasteiger partial charge < -0.3 is 9.84 Å². The van der Waals surface area contributed by atoms with Gasteiger partial charge in [-0.2, -0.15) is 13.2 Å². The average molecular weight is 248 g/mol. The van der Waals surface area contributed by atoms with Crippen molar-refractivity contribution < 1.29 is 23.0 Å². The van der Waals surface area contributed by atoms with Crippen LogP contribution in [0.3, 0.4) is 0 Å². The molecule has 0 aliphatic rings. The van der Waals surface area contributed by atoms with Gasteiger partial charge in [0.05, 0.1) is 13.2 Å². The molecule has 0 aliphatic carbocycles. The standard InChI is InChI=1S/C12H15F3O2/c1-17-10-5-2-4-9(8-10)11(16)6-3-7-12(13,14)15/h2,4-5,8,11,16H,3,6-7H2,1H3. The minimum absolute atomic E-state index is 0.0815. The van der Waals surface area contributed by atoms with Crippen molar-refractivity contribution >= 4 is 0 Å². The van der Waals surface area contributed by atoms with Gasteiger partial charge in [0.1, 0.15) is 5.75 Å². The fraction of sp³-hybridized carbons (Fsp3) is 0.500. The summed E-state index contributed by atoms with van der Waals surface area (Å²) in [5, 5.41) is 9.71. The molecule has 1 rings (SSSR count). The Balaban J connectivity index is 2.49. The molecular formula is C12H15F3O2. The van der Waals surface area contributed by atoms with Crippen LogP contribution in [0.25, 0.3) is 0 Å². The van der Waals surface area contributed by atoms with E-state index >= 15 is 0 Å². The van der Waals surface area contributed by atoms with Crippen LogP contribution in [0.1, 0.15) is 30.9 Å². The van der Waals surface area contributed by atoms with Gasteiger partial charge in [0, 0.05) is 6.42 Å². The summed E-state index contributed by atoms with van der Waals surface area (Å²) in [6, 6.07) is 6.70. The Bertz CT molecular complexity index is 350. The van der Waals surface area contributed by atoms with Gasteiger partial charge in [-0.15, -0.1) is 0 Å². The average Bonchev–Trinajstić information content (AvgIpc) is 2.27. The lowest BCUT2D eigenvalue weighted by Gasteiger charge is -2.12. The molecule has 96 valence electrons.